The predicted molar refractivity (Wildman–Crippen MR) is 29.4 cm³/mol. The Balaban J connectivity index is 3.15. The van der Waals surface area contributed by atoms with Crippen LogP contribution >= 0.6 is 0 Å². The molecule has 0 aromatic carbocycles. The Bertz CT molecular complexity index is 46.5. The van der Waals surface area contributed by atoms with Gasteiger partial charge in [-0.3, -0.25) is 0 Å². The van der Waals surface area contributed by atoms with E-state index in [1.807, 2.05) is 6.92 Å². The molecule has 2 nitrogen and oxygen atoms in total. The van der Waals surface area contributed by atoms with Gasteiger partial charge in [-0.25, -0.2) is 0 Å². The first kappa shape index (κ1) is 6.92. The van der Waals surface area contributed by atoms with E-state index in [1.165, 1.54) is 0 Å². The molecule has 1 radical (unpaired) electrons. The molecular formula is C5H12NO. The molecule has 0 bridgehead atoms. The Hall–Kier alpha value is -0.0800. The first-order valence-corrected chi connectivity index (χ1v) is 2.42. The van der Waals surface area contributed by atoms with Crippen molar-refractivity contribution >= 4 is 0 Å². The minimum atomic E-state index is -1.07. The Kier molecular flexibility index (Phi) is 2.26. The van der Waals surface area contributed by atoms with E-state index in [4.69, 9.17) is 10.8 Å². The molecule has 7 heavy (non-hydrogen) atoms. The van der Waals surface area contributed by atoms with E-state index in [9.17, 15) is 0 Å². The molecule has 0 saturated carbocycles. The SMILES string of the molecule is CC[CH]C(C)(N)O. The lowest BCUT2D eigenvalue weighted by molar-refractivity contribution is 0.0989. The Morgan fingerprint density at radius 2 is 2.29 bits per heavy atom. The fraction of sp³-hybridized carbons (Fsp3) is 0.800. The van der Waals surface area contributed by atoms with Crippen LogP contribution in [0.2, 0.25) is 0 Å². The van der Waals surface area contributed by atoms with Crippen molar-refractivity contribution in [1.29, 1.82) is 0 Å². The van der Waals surface area contributed by atoms with Gasteiger partial charge in [-0.2, -0.15) is 0 Å². The summed E-state index contributed by atoms with van der Waals surface area (Å²) in [6.07, 6.45) is 2.45. The van der Waals surface area contributed by atoms with Crippen LogP contribution < -0.4 is 5.73 Å². The van der Waals surface area contributed by atoms with Crippen molar-refractivity contribution in [1.82, 2.24) is 0 Å². The number of nitrogens with two attached hydrogens (primary N) is 1. The third-order valence-electron chi connectivity index (χ3n) is 0.617. The van der Waals surface area contributed by atoms with E-state index in [0.29, 0.717) is 0 Å². The average molecular weight is 102 g/mol. The van der Waals surface area contributed by atoms with Crippen LogP contribution in [-0.2, 0) is 0 Å². The first-order chi connectivity index (χ1) is 3.06. The molecule has 0 fully saturated rings. The summed E-state index contributed by atoms with van der Waals surface area (Å²) in [5.41, 5.74) is 4.07. The standard InChI is InChI=1S/C5H12NO/c1-3-4-5(2,6)7/h4,7H,3,6H2,1-2H3. The zero-order valence-electron chi connectivity index (χ0n) is 4.81. The molecule has 0 saturated heterocycles. The van der Waals surface area contributed by atoms with Gasteiger partial charge in [0.15, 0.2) is 0 Å². The first-order valence-electron chi connectivity index (χ1n) is 2.42. The lowest BCUT2D eigenvalue weighted by Gasteiger charge is -2.13. The van der Waals surface area contributed by atoms with E-state index in [0.717, 1.165) is 6.42 Å². The number of hydrogen-bond acceptors (Lipinski definition) is 2. The van der Waals surface area contributed by atoms with Crippen molar-refractivity contribution in [2.75, 3.05) is 0 Å². The van der Waals surface area contributed by atoms with Crippen molar-refractivity contribution in [3.8, 4) is 0 Å². The number of rotatable bonds is 2. The molecule has 0 rings (SSSR count). The molecule has 43 valence electrons. The van der Waals surface area contributed by atoms with Crippen molar-refractivity contribution in [2.24, 2.45) is 5.73 Å². The van der Waals surface area contributed by atoms with Gasteiger partial charge in [-0.15, -0.1) is 0 Å². The summed E-state index contributed by atoms with van der Waals surface area (Å²) in [5.74, 6) is 0. The minimum absolute atomic E-state index is 0.809. The maximum atomic E-state index is 8.74. The Labute approximate surface area is 44.3 Å². The molecule has 0 heterocycles. The molecule has 0 aliphatic rings. The second-order valence-corrected chi connectivity index (χ2v) is 1.84. The topological polar surface area (TPSA) is 46.2 Å². The maximum absolute atomic E-state index is 8.74. The maximum Gasteiger partial charge on any atom is 0.113 e. The molecular weight excluding hydrogens is 90.1 g/mol. The zero-order chi connectivity index (χ0) is 5.91. The smallest absolute Gasteiger partial charge is 0.113 e. The van der Waals surface area contributed by atoms with Gasteiger partial charge in [0.25, 0.3) is 0 Å². The molecule has 0 aromatic rings. The highest BCUT2D eigenvalue weighted by molar-refractivity contribution is 4.80. The number of hydrogen-bond donors (Lipinski definition) is 2. The molecule has 1 unspecified atom stereocenters. The molecule has 0 aliphatic carbocycles. The Morgan fingerprint density at radius 1 is 1.86 bits per heavy atom. The van der Waals surface area contributed by atoms with Gasteiger partial charge in [0.05, 0.1) is 0 Å². The summed E-state index contributed by atoms with van der Waals surface area (Å²) in [6, 6.07) is 0. The normalized spacial score (nSPS) is 18.9. The van der Waals surface area contributed by atoms with E-state index < -0.39 is 5.72 Å². The molecule has 3 N–H and O–H groups in total. The van der Waals surface area contributed by atoms with Crippen LogP contribution in [0, 0.1) is 6.42 Å². The minimum Gasteiger partial charge on any atom is -0.376 e. The molecule has 0 aliphatic heterocycles. The average Bonchev–Trinajstić information content (AvgIpc) is 1.30. The van der Waals surface area contributed by atoms with Crippen molar-refractivity contribution in [3.63, 3.8) is 0 Å². The van der Waals surface area contributed by atoms with Gasteiger partial charge in [0.2, 0.25) is 0 Å². The van der Waals surface area contributed by atoms with Crippen LogP contribution in [0.25, 0.3) is 0 Å². The van der Waals surface area contributed by atoms with E-state index in [-0.39, 0.29) is 0 Å². The molecule has 2 heteroatoms. The van der Waals surface area contributed by atoms with Crippen molar-refractivity contribution in [2.45, 2.75) is 26.0 Å². The fourth-order valence-electron chi connectivity index (χ4n) is 0.413. The molecule has 0 amide bonds. The lowest BCUT2D eigenvalue weighted by Crippen LogP contribution is -2.35. The monoisotopic (exact) mass is 102 g/mol. The molecule has 0 aromatic heterocycles. The van der Waals surface area contributed by atoms with Crippen LogP contribution in [0.5, 0.6) is 0 Å². The molecule has 0 spiro atoms. The van der Waals surface area contributed by atoms with Crippen molar-refractivity contribution < 1.29 is 5.11 Å². The third-order valence-corrected chi connectivity index (χ3v) is 0.617. The van der Waals surface area contributed by atoms with Crippen molar-refractivity contribution in [3.05, 3.63) is 6.42 Å². The summed E-state index contributed by atoms with van der Waals surface area (Å²) in [6.45, 7) is 3.48. The molecule has 1 atom stereocenters. The fourth-order valence-corrected chi connectivity index (χ4v) is 0.413. The Morgan fingerprint density at radius 3 is 2.29 bits per heavy atom. The second kappa shape index (κ2) is 2.28. The van der Waals surface area contributed by atoms with Crippen LogP contribution in [-0.4, -0.2) is 10.8 Å². The third kappa shape index (κ3) is 5.92. The zero-order valence-corrected chi connectivity index (χ0v) is 4.81. The van der Waals surface area contributed by atoms with Crippen LogP contribution in [0.3, 0.4) is 0 Å². The highest BCUT2D eigenvalue weighted by Crippen LogP contribution is 1.99. The number of aliphatic hydroxyl groups is 1. The van der Waals surface area contributed by atoms with E-state index in [2.05, 4.69) is 0 Å². The van der Waals surface area contributed by atoms with Gasteiger partial charge in [0, 0.05) is 6.42 Å². The summed E-state index contributed by atoms with van der Waals surface area (Å²) < 4.78 is 0. The lowest BCUT2D eigenvalue weighted by atomic mass is 10.1. The largest absolute Gasteiger partial charge is 0.376 e. The summed E-state index contributed by atoms with van der Waals surface area (Å²) in [5, 5.41) is 8.74. The van der Waals surface area contributed by atoms with Gasteiger partial charge < -0.3 is 10.8 Å². The van der Waals surface area contributed by atoms with Crippen LogP contribution in [0.1, 0.15) is 20.3 Å². The predicted octanol–water partition coefficient (Wildman–Crippen LogP) is 0.268. The van der Waals surface area contributed by atoms with Gasteiger partial charge in [-0.1, -0.05) is 6.92 Å². The van der Waals surface area contributed by atoms with Gasteiger partial charge in [0.1, 0.15) is 5.72 Å². The van der Waals surface area contributed by atoms with Gasteiger partial charge >= 0.3 is 0 Å². The second-order valence-electron chi connectivity index (χ2n) is 1.84. The van der Waals surface area contributed by atoms with Crippen LogP contribution in [0.4, 0.5) is 0 Å². The summed E-state index contributed by atoms with van der Waals surface area (Å²) in [7, 11) is 0. The highest BCUT2D eigenvalue weighted by Gasteiger charge is 2.09. The quantitative estimate of drug-likeness (QED) is 0.491. The van der Waals surface area contributed by atoms with Gasteiger partial charge in [-0.05, 0) is 13.3 Å². The summed E-state index contributed by atoms with van der Waals surface area (Å²) >= 11 is 0. The van der Waals surface area contributed by atoms with Crippen LogP contribution in [0.15, 0.2) is 0 Å². The highest BCUT2D eigenvalue weighted by atomic mass is 16.3. The van der Waals surface area contributed by atoms with E-state index >= 15 is 0 Å². The van der Waals surface area contributed by atoms with E-state index in [1.54, 1.807) is 13.3 Å². The summed E-state index contributed by atoms with van der Waals surface area (Å²) in [4.78, 5) is 0.